The number of carbonyl (C=O) groups is 1. The Morgan fingerprint density at radius 3 is 1.44 bits per heavy atom. The molecule has 0 saturated heterocycles. The van der Waals surface area contributed by atoms with E-state index in [0.717, 1.165) is 22.0 Å². The summed E-state index contributed by atoms with van der Waals surface area (Å²) in [6, 6.07) is 39.5. The third-order valence-electron chi connectivity index (χ3n) is 9.11. The molecule has 17 heteroatoms. The maximum atomic E-state index is 14.3. The molecule has 7 rings (SSSR count). The Bertz CT molecular complexity index is 2620. The van der Waals surface area contributed by atoms with Crippen molar-refractivity contribution in [1.82, 2.24) is 4.57 Å². The summed E-state index contributed by atoms with van der Waals surface area (Å²) >= 11 is 0. The normalized spacial score (nSPS) is 12.4. The Hall–Kier alpha value is -4.63. The number of fused-ring (bicyclic) bond motifs is 3. The number of ketones is 1. The molecule has 0 spiro atoms. The maximum absolute atomic E-state index is 14.3. The van der Waals surface area contributed by atoms with Gasteiger partial charge >= 0.3 is 24.2 Å². The van der Waals surface area contributed by atoms with Gasteiger partial charge in [-0.25, -0.2) is 0 Å². The number of benzene rings is 6. The number of aromatic nitrogens is 1. The third-order valence-corrected chi connectivity index (χ3v) is 12.2. The number of hydrogen-bond acceptors (Lipinski definition) is 4. The van der Waals surface area contributed by atoms with Crippen LogP contribution in [0, 0.1) is 49.4 Å². The zero-order valence-electron chi connectivity index (χ0n) is 29.7. The standard InChI is InChI=1S/C24H11F10NO3.C18H15OP.Eu/c25-21(26,23(30,31)24(32,33)34)19(37)16-18(36)15-10-5-11-3-1-2-4-14(11)17(15)35(20(16)38)13-8-6-12(7-9-13)22(27,28)29;19-20(16-10-4-1-5-11-16,17-12-6-2-7-13-17)18-14-8-3-9-15-18;/h1-10,36H;1-15H;. The van der Waals surface area contributed by atoms with Gasteiger partial charge < -0.3 is 9.67 Å². The van der Waals surface area contributed by atoms with Gasteiger partial charge in [0, 0.05) is 81.8 Å². The van der Waals surface area contributed by atoms with Gasteiger partial charge in [-0.1, -0.05) is 121 Å². The van der Waals surface area contributed by atoms with Gasteiger partial charge in [0.15, 0.2) is 7.14 Å². The monoisotopic (exact) mass is 982 g/mol. The first-order chi connectivity index (χ1) is 27.2. The van der Waals surface area contributed by atoms with E-state index in [2.05, 4.69) is 0 Å². The Morgan fingerprint density at radius 2 is 1.00 bits per heavy atom. The first kappa shape index (κ1) is 45.5. The van der Waals surface area contributed by atoms with Gasteiger partial charge in [-0.05, 0) is 35.7 Å². The van der Waals surface area contributed by atoms with Gasteiger partial charge in [0.05, 0.1) is 11.1 Å². The molecule has 0 atom stereocenters. The second-order valence-electron chi connectivity index (χ2n) is 12.7. The van der Waals surface area contributed by atoms with Gasteiger partial charge in [-0.2, -0.15) is 43.9 Å². The van der Waals surface area contributed by atoms with Crippen LogP contribution in [-0.4, -0.2) is 33.5 Å². The summed E-state index contributed by atoms with van der Waals surface area (Å²) in [7, 11) is -2.78. The van der Waals surface area contributed by atoms with E-state index in [1.807, 2.05) is 91.0 Å². The van der Waals surface area contributed by atoms with Crippen molar-refractivity contribution in [2.75, 3.05) is 0 Å². The minimum Gasteiger partial charge on any atom is -0.506 e. The number of Topliss-reactive ketones (excluding diaryl/α,β-unsaturated/α-hetero) is 1. The van der Waals surface area contributed by atoms with Crippen molar-refractivity contribution in [3.8, 4) is 11.4 Å². The minimum absolute atomic E-state index is 0. The second-order valence-corrected chi connectivity index (χ2v) is 15.5. The zero-order valence-corrected chi connectivity index (χ0v) is 33.0. The Balaban J connectivity index is 0.000000264. The predicted octanol–water partition coefficient (Wildman–Crippen LogP) is 10.2. The SMILES string of the molecule is O=C(c1c(O)c2ccc3ccccc3c2n(-c2ccc(C(F)(F)F)cc2)c1=O)C(F)(F)C(F)(F)C(F)(F)F.O=P(c1ccccc1)(c1ccccc1)c1ccccc1.[Eu]. The van der Waals surface area contributed by atoms with Crippen molar-refractivity contribution >= 4 is 50.5 Å². The summed E-state index contributed by atoms with van der Waals surface area (Å²) in [5.74, 6) is -18.4. The largest absolute Gasteiger partial charge is 0.506 e. The van der Waals surface area contributed by atoms with Crippen LogP contribution >= 0.6 is 7.14 Å². The summed E-state index contributed by atoms with van der Waals surface area (Å²) < 4.78 is 147. The molecule has 0 fully saturated rings. The molecule has 5 nitrogen and oxygen atoms in total. The van der Waals surface area contributed by atoms with Crippen LogP contribution in [0.15, 0.2) is 156 Å². The van der Waals surface area contributed by atoms with Crippen LogP contribution < -0.4 is 21.5 Å². The number of halogens is 10. The average molecular weight is 982 g/mol. The van der Waals surface area contributed by atoms with Crippen LogP contribution in [0.1, 0.15) is 15.9 Å². The molecule has 0 saturated carbocycles. The van der Waals surface area contributed by atoms with E-state index in [4.69, 9.17) is 0 Å². The number of alkyl halides is 10. The van der Waals surface area contributed by atoms with Crippen LogP contribution in [0.25, 0.3) is 27.4 Å². The van der Waals surface area contributed by atoms with Crippen LogP contribution in [0.2, 0.25) is 0 Å². The second kappa shape index (κ2) is 17.2. The predicted molar refractivity (Wildman–Crippen MR) is 200 cm³/mol. The summed E-state index contributed by atoms with van der Waals surface area (Å²) in [5, 5.41) is 13.0. The molecule has 1 radical (unpaired) electrons. The van der Waals surface area contributed by atoms with Crippen molar-refractivity contribution < 1.29 is 108 Å². The molecule has 0 aliphatic carbocycles. The molecular weight excluding hydrogens is 955 g/mol. The molecule has 1 aromatic heterocycles. The summed E-state index contributed by atoms with van der Waals surface area (Å²) in [4.78, 5) is 25.7. The van der Waals surface area contributed by atoms with E-state index in [0.29, 0.717) is 34.2 Å². The molecule has 1 heterocycles. The summed E-state index contributed by atoms with van der Waals surface area (Å²) in [6.45, 7) is 0. The fourth-order valence-corrected chi connectivity index (χ4v) is 8.90. The van der Waals surface area contributed by atoms with E-state index < -0.39 is 70.6 Å². The fourth-order valence-electron chi connectivity index (χ4n) is 6.23. The van der Waals surface area contributed by atoms with Crippen LogP contribution in [0.5, 0.6) is 5.75 Å². The van der Waals surface area contributed by atoms with Crippen molar-refractivity contribution in [2.24, 2.45) is 0 Å². The van der Waals surface area contributed by atoms with E-state index >= 15 is 0 Å². The maximum Gasteiger partial charge on any atom is 0.460 e. The van der Waals surface area contributed by atoms with Crippen LogP contribution in [-0.2, 0) is 10.7 Å². The molecule has 0 bridgehead atoms. The fraction of sp³-hybridized carbons (Fsp3) is 0.0952. The van der Waals surface area contributed by atoms with E-state index in [1.165, 1.54) is 30.3 Å². The molecule has 0 unspecified atom stereocenters. The molecule has 6 aromatic carbocycles. The minimum atomic E-state index is -6.94. The first-order valence-electron chi connectivity index (χ1n) is 16.8. The zero-order chi connectivity index (χ0) is 42.3. The van der Waals surface area contributed by atoms with E-state index in [9.17, 15) is 63.2 Å². The van der Waals surface area contributed by atoms with Gasteiger partial charge in [0.2, 0.25) is 5.78 Å². The molecular formula is C42H26EuF10NO4P. The molecule has 0 aliphatic heterocycles. The van der Waals surface area contributed by atoms with Gasteiger partial charge in [-0.15, -0.1) is 0 Å². The molecule has 0 aliphatic rings. The number of nitrogens with zero attached hydrogens (tertiary/aromatic N) is 1. The van der Waals surface area contributed by atoms with Gasteiger partial charge in [-0.3, -0.25) is 14.2 Å². The number of carbonyl (C=O) groups excluding carboxylic acids is 1. The molecule has 7 aromatic rings. The summed E-state index contributed by atoms with van der Waals surface area (Å²) in [6.07, 6.45) is -11.7. The Labute approximate surface area is 368 Å². The van der Waals surface area contributed by atoms with E-state index in [-0.39, 0.29) is 60.3 Å². The molecule has 305 valence electrons. The molecule has 0 amide bonds. The topological polar surface area (TPSA) is 76.4 Å². The van der Waals surface area contributed by atoms with Crippen molar-refractivity contribution in [3.05, 3.63) is 173 Å². The Morgan fingerprint density at radius 1 is 0.559 bits per heavy atom. The van der Waals surface area contributed by atoms with Gasteiger partial charge in [0.25, 0.3) is 5.56 Å². The number of pyridine rings is 1. The average Bonchev–Trinajstić information content (AvgIpc) is 3.21. The van der Waals surface area contributed by atoms with Crippen molar-refractivity contribution in [2.45, 2.75) is 24.2 Å². The van der Waals surface area contributed by atoms with E-state index in [1.54, 1.807) is 0 Å². The summed E-state index contributed by atoms with van der Waals surface area (Å²) in [5.41, 5.74) is -6.11. The van der Waals surface area contributed by atoms with Crippen LogP contribution in [0.3, 0.4) is 0 Å². The quantitative estimate of drug-likeness (QED) is 0.0747. The third kappa shape index (κ3) is 8.42. The number of aromatic hydroxyl groups is 1. The molecule has 59 heavy (non-hydrogen) atoms. The van der Waals surface area contributed by atoms with Crippen molar-refractivity contribution in [1.29, 1.82) is 0 Å². The first-order valence-corrected chi connectivity index (χ1v) is 18.5. The van der Waals surface area contributed by atoms with Gasteiger partial charge in [0.1, 0.15) is 11.3 Å². The molecule has 1 N–H and O–H groups in total. The Kier molecular flexibility index (Phi) is 13.2. The number of rotatable bonds is 7. The van der Waals surface area contributed by atoms with Crippen LogP contribution in [0.4, 0.5) is 43.9 Å². The smallest absolute Gasteiger partial charge is 0.460 e. The number of hydrogen-bond donors (Lipinski definition) is 1. The van der Waals surface area contributed by atoms with Crippen molar-refractivity contribution in [3.63, 3.8) is 0 Å².